The number of rotatable bonds is 5. The van der Waals surface area contributed by atoms with Crippen molar-refractivity contribution >= 4 is 17.2 Å². The van der Waals surface area contributed by atoms with Gasteiger partial charge in [-0.3, -0.25) is 4.79 Å². The Kier molecular flexibility index (Phi) is 6.09. The molecule has 2 heterocycles. The van der Waals surface area contributed by atoms with Crippen LogP contribution in [-0.4, -0.2) is 36.5 Å². The van der Waals surface area contributed by atoms with Gasteiger partial charge in [0.2, 0.25) is 0 Å². The predicted octanol–water partition coefficient (Wildman–Crippen LogP) is 4.71. The fourth-order valence-electron chi connectivity index (χ4n) is 3.54. The van der Waals surface area contributed by atoms with Gasteiger partial charge in [-0.25, -0.2) is 4.39 Å². The molecular weight excluding hydrogens is 347 g/mol. The van der Waals surface area contributed by atoms with Crippen molar-refractivity contribution in [2.75, 3.05) is 19.6 Å². The second-order valence-electron chi connectivity index (χ2n) is 7.44. The van der Waals surface area contributed by atoms with Crippen molar-refractivity contribution < 1.29 is 9.18 Å². The molecule has 3 rings (SSSR count). The summed E-state index contributed by atoms with van der Waals surface area (Å²) in [7, 11) is 0. The quantitative estimate of drug-likeness (QED) is 0.822. The smallest absolute Gasteiger partial charge is 0.261 e. The predicted molar refractivity (Wildman–Crippen MR) is 106 cm³/mol. The zero-order valence-electron chi connectivity index (χ0n) is 15.7. The van der Waals surface area contributed by atoms with E-state index >= 15 is 0 Å². The third-order valence-electron chi connectivity index (χ3n) is 5.08. The van der Waals surface area contributed by atoms with Gasteiger partial charge in [-0.15, -0.1) is 11.3 Å². The first-order valence-electron chi connectivity index (χ1n) is 9.32. The van der Waals surface area contributed by atoms with E-state index in [1.54, 1.807) is 12.1 Å². The number of carbonyl (C=O) groups excluding carboxylic acids is 1. The van der Waals surface area contributed by atoms with E-state index in [9.17, 15) is 9.18 Å². The molecule has 26 heavy (non-hydrogen) atoms. The monoisotopic (exact) mass is 374 g/mol. The number of hydrogen-bond donors (Lipinski definition) is 1. The van der Waals surface area contributed by atoms with Gasteiger partial charge in [-0.05, 0) is 75.4 Å². The molecule has 0 aliphatic carbocycles. The van der Waals surface area contributed by atoms with Crippen LogP contribution in [0.5, 0.6) is 0 Å². The van der Waals surface area contributed by atoms with Crippen molar-refractivity contribution in [1.82, 2.24) is 10.2 Å². The first-order chi connectivity index (χ1) is 12.4. The number of nitrogens with one attached hydrogen (secondary N) is 1. The molecule has 1 unspecified atom stereocenters. The number of carbonyl (C=O) groups is 1. The molecule has 1 fully saturated rings. The molecule has 1 amide bonds. The largest absolute Gasteiger partial charge is 0.351 e. The van der Waals surface area contributed by atoms with Crippen LogP contribution >= 0.6 is 11.3 Å². The van der Waals surface area contributed by atoms with Gasteiger partial charge in [0.15, 0.2) is 0 Å². The Hall–Kier alpha value is -1.72. The lowest BCUT2D eigenvalue weighted by molar-refractivity contribution is 0.0926. The molecule has 140 valence electrons. The van der Waals surface area contributed by atoms with Crippen LogP contribution in [0.3, 0.4) is 0 Å². The molecule has 1 aliphatic rings. The van der Waals surface area contributed by atoms with E-state index in [0.29, 0.717) is 12.0 Å². The maximum atomic E-state index is 13.1. The van der Waals surface area contributed by atoms with Gasteiger partial charge in [0.05, 0.1) is 4.88 Å². The molecule has 3 nitrogen and oxygen atoms in total. The number of amides is 1. The first kappa shape index (κ1) is 19.1. The fraction of sp³-hybridized carbons (Fsp3) is 0.476. The zero-order chi connectivity index (χ0) is 18.7. The maximum absolute atomic E-state index is 13.1. The number of hydrogen-bond acceptors (Lipinski definition) is 3. The van der Waals surface area contributed by atoms with Crippen molar-refractivity contribution in [2.45, 2.75) is 39.7 Å². The molecule has 1 N–H and O–H groups in total. The highest BCUT2D eigenvalue weighted by atomic mass is 32.1. The van der Waals surface area contributed by atoms with Crippen molar-refractivity contribution in [3.63, 3.8) is 0 Å². The van der Waals surface area contributed by atoms with Gasteiger partial charge in [-0.1, -0.05) is 12.1 Å². The average molecular weight is 375 g/mol. The van der Waals surface area contributed by atoms with Crippen LogP contribution in [0.25, 0.3) is 10.4 Å². The highest BCUT2D eigenvalue weighted by molar-refractivity contribution is 7.17. The normalized spacial score (nSPS) is 18.3. The van der Waals surface area contributed by atoms with Crippen LogP contribution in [-0.2, 0) is 0 Å². The van der Waals surface area contributed by atoms with Crippen LogP contribution in [0.15, 0.2) is 30.3 Å². The topological polar surface area (TPSA) is 32.3 Å². The number of piperidine rings is 1. The first-order valence-corrected chi connectivity index (χ1v) is 10.1. The second-order valence-corrected chi connectivity index (χ2v) is 8.49. The van der Waals surface area contributed by atoms with Gasteiger partial charge in [0, 0.05) is 24.0 Å². The summed E-state index contributed by atoms with van der Waals surface area (Å²) < 4.78 is 13.1. The number of halogens is 1. The van der Waals surface area contributed by atoms with E-state index < -0.39 is 0 Å². The van der Waals surface area contributed by atoms with E-state index in [4.69, 9.17) is 0 Å². The van der Waals surface area contributed by atoms with E-state index in [1.807, 2.05) is 13.0 Å². The summed E-state index contributed by atoms with van der Waals surface area (Å²) >= 11 is 1.47. The number of thiophene rings is 1. The lowest BCUT2D eigenvalue weighted by atomic mass is 9.97. The minimum Gasteiger partial charge on any atom is -0.351 e. The fourth-order valence-corrected chi connectivity index (χ4v) is 4.63. The summed E-state index contributed by atoms with van der Waals surface area (Å²) in [5.74, 6) is 0.268. The van der Waals surface area contributed by atoms with Gasteiger partial charge < -0.3 is 10.2 Å². The Morgan fingerprint density at radius 1 is 1.35 bits per heavy atom. The summed E-state index contributed by atoms with van der Waals surface area (Å²) in [5.41, 5.74) is 2.00. The third-order valence-corrected chi connectivity index (χ3v) is 6.36. The highest BCUT2D eigenvalue weighted by Crippen LogP contribution is 2.32. The van der Waals surface area contributed by atoms with Crippen LogP contribution in [0.2, 0.25) is 0 Å². The summed E-state index contributed by atoms with van der Waals surface area (Å²) in [6, 6.07) is 8.93. The molecule has 0 saturated carbocycles. The molecule has 1 atom stereocenters. The van der Waals surface area contributed by atoms with Crippen LogP contribution < -0.4 is 5.32 Å². The van der Waals surface area contributed by atoms with Crippen molar-refractivity contribution in [2.24, 2.45) is 5.92 Å². The summed E-state index contributed by atoms with van der Waals surface area (Å²) in [6.07, 6.45) is 2.37. The summed E-state index contributed by atoms with van der Waals surface area (Å²) in [5, 5.41) is 3.11. The summed E-state index contributed by atoms with van der Waals surface area (Å²) in [4.78, 5) is 16.8. The Balaban J connectivity index is 1.62. The molecule has 1 saturated heterocycles. The Morgan fingerprint density at radius 2 is 2.08 bits per heavy atom. The molecular formula is C21H27FN2OS. The SMILES string of the molecule is Cc1cc(C(=O)NCC2CCCN(C(C)C)C2)sc1-c1ccc(F)cc1. The van der Waals surface area contributed by atoms with Gasteiger partial charge >= 0.3 is 0 Å². The van der Waals surface area contributed by atoms with Gasteiger partial charge in [0.25, 0.3) is 5.91 Å². The number of aryl methyl sites for hydroxylation is 1. The molecule has 1 aromatic carbocycles. The average Bonchev–Trinajstić information content (AvgIpc) is 3.02. The molecule has 0 spiro atoms. The van der Waals surface area contributed by atoms with Crippen molar-refractivity contribution in [3.8, 4) is 10.4 Å². The molecule has 2 aromatic rings. The van der Waals surface area contributed by atoms with Gasteiger partial charge in [-0.2, -0.15) is 0 Å². The summed E-state index contributed by atoms with van der Waals surface area (Å²) in [6.45, 7) is 9.40. The zero-order valence-corrected chi connectivity index (χ0v) is 16.5. The van der Waals surface area contributed by atoms with Crippen molar-refractivity contribution in [1.29, 1.82) is 0 Å². The van der Waals surface area contributed by atoms with Crippen LogP contribution in [0.1, 0.15) is 41.9 Å². The van der Waals surface area contributed by atoms with Crippen molar-refractivity contribution in [3.05, 3.63) is 46.6 Å². The highest BCUT2D eigenvalue weighted by Gasteiger charge is 2.22. The Morgan fingerprint density at radius 3 is 2.77 bits per heavy atom. The molecule has 1 aromatic heterocycles. The lowest BCUT2D eigenvalue weighted by Crippen LogP contribution is -2.43. The minimum absolute atomic E-state index is 0.00636. The Bertz CT molecular complexity index is 754. The maximum Gasteiger partial charge on any atom is 0.261 e. The van der Waals surface area contributed by atoms with E-state index in [2.05, 4.69) is 24.1 Å². The number of likely N-dealkylation sites (tertiary alicyclic amines) is 1. The molecule has 1 aliphatic heterocycles. The molecule has 0 bridgehead atoms. The van der Waals surface area contributed by atoms with E-state index in [1.165, 1.54) is 36.3 Å². The number of benzene rings is 1. The van der Waals surface area contributed by atoms with Crippen LogP contribution in [0, 0.1) is 18.7 Å². The lowest BCUT2D eigenvalue weighted by Gasteiger charge is -2.35. The van der Waals surface area contributed by atoms with E-state index in [-0.39, 0.29) is 11.7 Å². The third kappa shape index (κ3) is 4.51. The number of nitrogens with zero attached hydrogens (tertiary/aromatic N) is 1. The second kappa shape index (κ2) is 8.31. The molecule has 5 heteroatoms. The van der Waals surface area contributed by atoms with E-state index in [0.717, 1.165) is 40.5 Å². The minimum atomic E-state index is -0.246. The molecule has 0 radical (unpaired) electrons. The van der Waals surface area contributed by atoms with Crippen LogP contribution in [0.4, 0.5) is 4.39 Å². The van der Waals surface area contributed by atoms with Gasteiger partial charge in [0.1, 0.15) is 5.82 Å². The Labute approximate surface area is 159 Å². The standard InChI is InChI=1S/C21H27FN2OS/c1-14(2)24-10-4-5-16(13-24)12-23-21(25)19-11-15(3)20(26-19)17-6-8-18(22)9-7-17/h6-9,11,14,16H,4-5,10,12-13H2,1-3H3,(H,23,25).